The Kier molecular flexibility index (Phi) is 3.13. The number of rotatable bonds is 1. The van der Waals surface area contributed by atoms with Crippen LogP contribution in [-0.2, 0) is 6.54 Å². The van der Waals surface area contributed by atoms with Gasteiger partial charge in [-0.2, -0.15) is 5.10 Å². The number of aromatic nitrogens is 4. The Morgan fingerprint density at radius 1 is 1.35 bits per heavy atom. The molecule has 6 heteroatoms. The van der Waals surface area contributed by atoms with Gasteiger partial charge < -0.3 is 0 Å². The van der Waals surface area contributed by atoms with E-state index in [1.165, 1.54) is 0 Å². The maximum absolute atomic E-state index is 12.6. The van der Waals surface area contributed by atoms with E-state index in [-0.39, 0.29) is 5.56 Å². The molecule has 4 rings (SSSR count). The van der Waals surface area contributed by atoms with Crippen molar-refractivity contribution in [3.8, 4) is 0 Å². The van der Waals surface area contributed by atoms with Gasteiger partial charge in [0.15, 0.2) is 0 Å². The quantitative estimate of drug-likeness (QED) is 0.746. The number of halogens is 1. The van der Waals surface area contributed by atoms with Gasteiger partial charge in [0.05, 0.1) is 16.6 Å². The van der Waals surface area contributed by atoms with Gasteiger partial charge in [-0.3, -0.25) is 14.5 Å². The highest BCUT2D eigenvalue weighted by molar-refractivity contribution is 6.31. The van der Waals surface area contributed by atoms with Gasteiger partial charge in [-0.25, -0.2) is 4.98 Å². The van der Waals surface area contributed by atoms with Gasteiger partial charge in [0, 0.05) is 22.8 Å². The van der Waals surface area contributed by atoms with E-state index < -0.39 is 0 Å². The van der Waals surface area contributed by atoms with Crippen LogP contribution < -0.4 is 5.56 Å². The number of aryl methyl sites for hydroxylation is 2. The first-order chi connectivity index (χ1) is 11.0. The predicted molar refractivity (Wildman–Crippen MR) is 91.6 cm³/mol. The van der Waals surface area contributed by atoms with Crippen molar-refractivity contribution in [2.24, 2.45) is 0 Å². The van der Waals surface area contributed by atoms with Crippen molar-refractivity contribution in [3.63, 3.8) is 0 Å². The Bertz CT molecular complexity index is 1010. The highest BCUT2D eigenvalue weighted by Crippen LogP contribution is 2.29. The van der Waals surface area contributed by atoms with Gasteiger partial charge in [-0.15, -0.1) is 0 Å². The summed E-state index contributed by atoms with van der Waals surface area (Å²) < 4.78 is 1.74. The van der Waals surface area contributed by atoms with Crippen LogP contribution in [0.15, 0.2) is 23.0 Å². The first kappa shape index (κ1) is 14.2. The Morgan fingerprint density at radius 3 is 2.91 bits per heavy atom. The summed E-state index contributed by atoms with van der Waals surface area (Å²) in [5, 5.41) is 8.39. The molecule has 1 N–H and O–H groups in total. The molecule has 0 spiro atoms. The minimum Gasteiger partial charge on any atom is -0.292 e. The lowest BCUT2D eigenvalue weighted by atomic mass is 10.1. The van der Waals surface area contributed by atoms with Crippen LogP contribution in [0, 0.1) is 13.8 Å². The summed E-state index contributed by atoms with van der Waals surface area (Å²) in [7, 11) is 0. The van der Waals surface area contributed by atoms with Crippen LogP contribution in [0.2, 0.25) is 5.02 Å². The third-order valence-electron chi connectivity index (χ3n) is 4.31. The summed E-state index contributed by atoms with van der Waals surface area (Å²) in [6.07, 6.45) is 2.87. The fourth-order valence-electron chi connectivity index (χ4n) is 3.07. The number of aromatic amines is 1. The second kappa shape index (κ2) is 5.06. The molecule has 3 heterocycles. The SMILES string of the molecule is Cc1n[nH]c(C)c1/C=C1/CCn2c1nc1cc(Cl)ccc1c2=O. The number of hydrogen-bond acceptors (Lipinski definition) is 3. The fourth-order valence-corrected chi connectivity index (χ4v) is 3.24. The van der Waals surface area contributed by atoms with E-state index >= 15 is 0 Å². The van der Waals surface area contributed by atoms with Crippen LogP contribution in [0.25, 0.3) is 22.6 Å². The van der Waals surface area contributed by atoms with Crippen molar-refractivity contribution >= 4 is 34.2 Å². The largest absolute Gasteiger partial charge is 0.292 e. The van der Waals surface area contributed by atoms with Crippen LogP contribution in [0.4, 0.5) is 0 Å². The minimum absolute atomic E-state index is 0.00861. The molecule has 23 heavy (non-hydrogen) atoms. The molecule has 1 aliphatic heterocycles. The molecule has 0 amide bonds. The number of hydrogen-bond donors (Lipinski definition) is 1. The van der Waals surface area contributed by atoms with Crippen LogP contribution in [-0.4, -0.2) is 19.7 Å². The molecular formula is C17H15ClN4O. The lowest BCUT2D eigenvalue weighted by molar-refractivity contribution is 0.725. The molecule has 5 nitrogen and oxygen atoms in total. The van der Waals surface area contributed by atoms with Crippen molar-refractivity contribution in [3.05, 3.63) is 56.4 Å². The molecule has 3 aromatic rings. The number of fused-ring (bicyclic) bond motifs is 2. The standard InChI is InChI=1S/C17H15ClN4O/c1-9-14(10(2)21-20-9)7-11-5-6-22-16(11)19-15-8-12(18)3-4-13(15)17(22)23/h3-4,7-8H,5-6H2,1-2H3,(H,20,21)/b11-7-. The number of benzene rings is 1. The highest BCUT2D eigenvalue weighted by Gasteiger charge is 2.21. The molecule has 0 radical (unpaired) electrons. The van der Waals surface area contributed by atoms with Crippen LogP contribution in [0.5, 0.6) is 0 Å². The first-order valence-electron chi connectivity index (χ1n) is 7.47. The number of nitrogens with zero attached hydrogens (tertiary/aromatic N) is 3. The summed E-state index contributed by atoms with van der Waals surface area (Å²) in [4.78, 5) is 17.3. The van der Waals surface area contributed by atoms with E-state index in [9.17, 15) is 4.79 Å². The Hall–Kier alpha value is -2.40. The lowest BCUT2D eigenvalue weighted by Gasteiger charge is -2.06. The Balaban J connectivity index is 1.95. The number of nitrogens with one attached hydrogen (secondary N) is 1. The smallest absolute Gasteiger partial charge is 0.261 e. The first-order valence-corrected chi connectivity index (χ1v) is 7.85. The van der Waals surface area contributed by atoms with Crippen LogP contribution >= 0.6 is 11.6 Å². The maximum Gasteiger partial charge on any atom is 0.261 e. The van der Waals surface area contributed by atoms with Gasteiger partial charge in [-0.05, 0) is 50.1 Å². The number of allylic oxidation sites excluding steroid dienone is 1. The summed E-state index contributed by atoms with van der Waals surface area (Å²) in [6.45, 7) is 4.61. The molecule has 0 saturated heterocycles. The molecule has 1 aliphatic rings. The van der Waals surface area contributed by atoms with E-state index in [1.54, 1.807) is 22.8 Å². The predicted octanol–water partition coefficient (Wildman–Crippen LogP) is 3.33. The third kappa shape index (κ3) is 2.19. The topological polar surface area (TPSA) is 63.6 Å². The van der Waals surface area contributed by atoms with E-state index in [2.05, 4.69) is 21.3 Å². The second-order valence-electron chi connectivity index (χ2n) is 5.82. The van der Waals surface area contributed by atoms with E-state index in [4.69, 9.17) is 11.6 Å². The van der Waals surface area contributed by atoms with Gasteiger partial charge in [0.25, 0.3) is 5.56 Å². The molecular weight excluding hydrogens is 312 g/mol. The minimum atomic E-state index is -0.00861. The number of H-pyrrole nitrogens is 1. The second-order valence-corrected chi connectivity index (χ2v) is 6.26. The molecule has 0 atom stereocenters. The lowest BCUT2D eigenvalue weighted by Crippen LogP contribution is -2.20. The zero-order valence-electron chi connectivity index (χ0n) is 12.9. The average molecular weight is 327 g/mol. The van der Waals surface area contributed by atoms with Gasteiger partial charge in [-0.1, -0.05) is 11.6 Å². The van der Waals surface area contributed by atoms with Crippen LogP contribution in [0.1, 0.15) is 29.2 Å². The van der Waals surface area contributed by atoms with E-state index in [1.807, 2.05) is 13.8 Å². The van der Waals surface area contributed by atoms with Crippen molar-refractivity contribution < 1.29 is 0 Å². The van der Waals surface area contributed by atoms with Crippen LogP contribution in [0.3, 0.4) is 0 Å². The molecule has 1 aromatic carbocycles. The molecule has 0 bridgehead atoms. The zero-order chi connectivity index (χ0) is 16.1. The van der Waals surface area contributed by atoms with Gasteiger partial charge >= 0.3 is 0 Å². The molecule has 0 fully saturated rings. The van der Waals surface area contributed by atoms with Crippen molar-refractivity contribution in [1.82, 2.24) is 19.7 Å². The molecule has 116 valence electrons. The average Bonchev–Trinajstić information content (AvgIpc) is 3.06. The summed E-state index contributed by atoms with van der Waals surface area (Å²) in [6, 6.07) is 5.21. The summed E-state index contributed by atoms with van der Waals surface area (Å²) >= 11 is 6.04. The van der Waals surface area contributed by atoms with E-state index in [0.717, 1.165) is 34.8 Å². The molecule has 0 unspecified atom stereocenters. The Morgan fingerprint density at radius 2 is 2.17 bits per heavy atom. The van der Waals surface area contributed by atoms with Crippen molar-refractivity contribution in [1.29, 1.82) is 0 Å². The van der Waals surface area contributed by atoms with Crippen molar-refractivity contribution in [2.75, 3.05) is 0 Å². The normalized spacial score (nSPS) is 15.5. The molecule has 0 saturated carbocycles. The van der Waals surface area contributed by atoms with Crippen molar-refractivity contribution in [2.45, 2.75) is 26.8 Å². The molecule has 0 aliphatic carbocycles. The summed E-state index contributed by atoms with van der Waals surface area (Å²) in [5.74, 6) is 0.727. The monoisotopic (exact) mass is 326 g/mol. The Labute approximate surface area is 137 Å². The molecule has 2 aromatic heterocycles. The van der Waals surface area contributed by atoms with E-state index in [0.29, 0.717) is 22.5 Å². The zero-order valence-corrected chi connectivity index (χ0v) is 13.6. The summed E-state index contributed by atoms with van der Waals surface area (Å²) in [5.41, 5.74) is 4.71. The third-order valence-corrected chi connectivity index (χ3v) is 4.55. The van der Waals surface area contributed by atoms with Gasteiger partial charge in [0.2, 0.25) is 0 Å². The fraction of sp³-hybridized carbons (Fsp3) is 0.235. The maximum atomic E-state index is 12.6. The highest BCUT2D eigenvalue weighted by atomic mass is 35.5. The van der Waals surface area contributed by atoms with Gasteiger partial charge in [0.1, 0.15) is 5.82 Å².